The highest BCUT2D eigenvalue weighted by molar-refractivity contribution is 6.71. The minimum Gasteiger partial charge on any atom is -0.417 e. The molecule has 0 saturated heterocycles. The molecule has 118 valence electrons. The van der Waals surface area contributed by atoms with E-state index in [1.165, 1.54) is 24.4 Å². The van der Waals surface area contributed by atoms with Crippen molar-refractivity contribution in [3.05, 3.63) is 42.0 Å². The van der Waals surface area contributed by atoms with E-state index in [0.29, 0.717) is 6.61 Å². The van der Waals surface area contributed by atoms with Crippen molar-refractivity contribution in [3.8, 4) is 0 Å². The van der Waals surface area contributed by atoms with E-state index >= 15 is 0 Å². The lowest BCUT2D eigenvalue weighted by Gasteiger charge is -2.22. The number of rotatable bonds is 11. The average molecular weight is 307 g/mol. The minimum atomic E-state index is -1.48. The molecule has 0 amide bonds. The largest absolute Gasteiger partial charge is 0.417 e. The Labute approximate surface area is 131 Å². The molecular formula is C18H30O2Si. The second-order valence-corrected chi connectivity index (χ2v) is 10.3. The summed E-state index contributed by atoms with van der Waals surface area (Å²) in [7, 11) is -1.48. The smallest absolute Gasteiger partial charge is 0.186 e. The zero-order valence-electron chi connectivity index (χ0n) is 13.9. The van der Waals surface area contributed by atoms with Gasteiger partial charge in [-0.3, -0.25) is 0 Å². The highest BCUT2D eigenvalue weighted by Crippen LogP contribution is 2.15. The maximum atomic E-state index is 6.04. The lowest BCUT2D eigenvalue weighted by molar-refractivity contribution is 0.120. The Hall–Kier alpha value is -0.903. The molecule has 1 aromatic rings. The zero-order chi connectivity index (χ0) is 15.6. The third kappa shape index (κ3) is 7.60. The van der Waals surface area contributed by atoms with Crippen molar-refractivity contribution in [2.45, 2.75) is 51.9 Å². The van der Waals surface area contributed by atoms with Crippen LogP contribution in [0.5, 0.6) is 0 Å². The van der Waals surface area contributed by atoms with Gasteiger partial charge in [0.25, 0.3) is 0 Å². The summed E-state index contributed by atoms with van der Waals surface area (Å²) in [6, 6.07) is 9.41. The first-order valence-electron chi connectivity index (χ1n) is 8.01. The van der Waals surface area contributed by atoms with Gasteiger partial charge in [-0.2, -0.15) is 0 Å². The Balaban J connectivity index is 2.20. The fourth-order valence-corrected chi connectivity index (χ4v) is 4.05. The van der Waals surface area contributed by atoms with Gasteiger partial charge in [-0.1, -0.05) is 50.3 Å². The van der Waals surface area contributed by atoms with E-state index in [1.54, 1.807) is 0 Å². The molecule has 0 unspecified atom stereocenters. The summed E-state index contributed by atoms with van der Waals surface area (Å²) in [4.78, 5) is 0. The molecule has 1 rings (SSSR count). The van der Waals surface area contributed by atoms with Crippen LogP contribution in [0.1, 0.15) is 37.3 Å². The van der Waals surface area contributed by atoms with Gasteiger partial charge in [0.1, 0.15) is 0 Å². The Bertz CT molecular complexity index is 415. The van der Waals surface area contributed by atoms with Gasteiger partial charge in [0, 0.05) is 13.2 Å². The topological polar surface area (TPSA) is 18.5 Å². The molecule has 0 aliphatic heterocycles. The minimum absolute atomic E-state index is 0.668. The Morgan fingerprint density at radius 3 is 2.62 bits per heavy atom. The molecule has 3 heteroatoms. The lowest BCUT2D eigenvalue weighted by Crippen LogP contribution is -2.30. The van der Waals surface area contributed by atoms with Crippen molar-refractivity contribution in [2.75, 3.05) is 13.2 Å². The van der Waals surface area contributed by atoms with Crippen LogP contribution in [0.3, 0.4) is 0 Å². The average Bonchev–Trinajstić information content (AvgIpc) is 2.47. The van der Waals surface area contributed by atoms with E-state index < -0.39 is 8.32 Å². The summed E-state index contributed by atoms with van der Waals surface area (Å²) in [5.41, 5.74) is 2.37. The Morgan fingerprint density at radius 2 is 1.90 bits per heavy atom. The van der Waals surface area contributed by atoms with Crippen LogP contribution in [-0.2, 0) is 15.8 Å². The normalized spacial score (nSPS) is 11.6. The first-order valence-corrected chi connectivity index (χ1v) is 11.1. The molecule has 1 aromatic carbocycles. The molecule has 0 radical (unpaired) electrons. The van der Waals surface area contributed by atoms with Gasteiger partial charge in [0.05, 0.1) is 6.61 Å². The standard InChI is InChI=1S/C18H30O2Si/c1-5-7-14-20-21(3,4)15-10-13-19-16-18-12-9-8-11-17(18)6-2/h6,8-9,11-12H,2,5,7,10,13-16H2,1,3-4H3. The number of unbranched alkanes of at least 4 members (excludes halogenated alkanes) is 1. The zero-order valence-corrected chi connectivity index (χ0v) is 14.9. The predicted octanol–water partition coefficient (Wildman–Crippen LogP) is 5.26. The van der Waals surface area contributed by atoms with Gasteiger partial charge >= 0.3 is 0 Å². The van der Waals surface area contributed by atoms with Gasteiger partial charge in [0.15, 0.2) is 8.32 Å². The van der Waals surface area contributed by atoms with Crippen molar-refractivity contribution < 1.29 is 9.16 Å². The van der Waals surface area contributed by atoms with E-state index in [0.717, 1.165) is 25.2 Å². The molecule has 0 spiro atoms. The molecule has 0 N–H and O–H groups in total. The molecule has 21 heavy (non-hydrogen) atoms. The molecule has 2 nitrogen and oxygen atoms in total. The molecule has 0 aliphatic carbocycles. The van der Waals surface area contributed by atoms with Gasteiger partial charge in [-0.15, -0.1) is 0 Å². The molecule has 0 aliphatic rings. The number of hydrogen-bond acceptors (Lipinski definition) is 2. The van der Waals surface area contributed by atoms with Crippen LogP contribution < -0.4 is 0 Å². The van der Waals surface area contributed by atoms with Crippen LogP contribution in [-0.4, -0.2) is 21.5 Å². The summed E-state index contributed by atoms with van der Waals surface area (Å²) >= 11 is 0. The van der Waals surface area contributed by atoms with Gasteiger partial charge in [-0.05, 0) is 43.1 Å². The fourth-order valence-electron chi connectivity index (χ4n) is 2.21. The Morgan fingerprint density at radius 1 is 1.14 bits per heavy atom. The van der Waals surface area contributed by atoms with Crippen LogP contribution in [0.25, 0.3) is 6.08 Å². The summed E-state index contributed by atoms with van der Waals surface area (Å²) in [6.07, 6.45) is 5.35. The molecular weight excluding hydrogens is 276 g/mol. The fraction of sp³-hybridized carbons (Fsp3) is 0.556. The maximum absolute atomic E-state index is 6.04. The third-order valence-corrected chi connectivity index (χ3v) is 6.13. The number of benzene rings is 1. The van der Waals surface area contributed by atoms with Crippen LogP contribution >= 0.6 is 0 Å². The van der Waals surface area contributed by atoms with Gasteiger partial charge < -0.3 is 9.16 Å². The van der Waals surface area contributed by atoms with Crippen molar-refractivity contribution in [2.24, 2.45) is 0 Å². The van der Waals surface area contributed by atoms with Crippen molar-refractivity contribution in [1.29, 1.82) is 0 Å². The Kier molecular flexibility index (Phi) is 8.58. The highest BCUT2D eigenvalue weighted by atomic mass is 28.4. The molecule has 0 bridgehead atoms. The second-order valence-electron chi connectivity index (χ2n) is 6.02. The van der Waals surface area contributed by atoms with Crippen molar-refractivity contribution in [1.82, 2.24) is 0 Å². The lowest BCUT2D eigenvalue weighted by atomic mass is 10.1. The SMILES string of the molecule is C=Cc1ccccc1COCCC[Si](C)(C)OCCCC. The van der Waals surface area contributed by atoms with E-state index in [1.807, 2.05) is 18.2 Å². The number of hydrogen-bond donors (Lipinski definition) is 0. The second kappa shape index (κ2) is 9.93. The van der Waals surface area contributed by atoms with E-state index in [9.17, 15) is 0 Å². The van der Waals surface area contributed by atoms with Crippen molar-refractivity contribution in [3.63, 3.8) is 0 Å². The third-order valence-electron chi connectivity index (χ3n) is 3.59. The molecule has 0 atom stereocenters. The molecule has 0 heterocycles. The maximum Gasteiger partial charge on any atom is 0.186 e. The van der Waals surface area contributed by atoms with E-state index in [2.05, 4.69) is 38.7 Å². The van der Waals surface area contributed by atoms with E-state index in [4.69, 9.17) is 9.16 Å². The van der Waals surface area contributed by atoms with Crippen LogP contribution in [0.15, 0.2) is 30.8 Å². The summed E-state index contributed by atoms with van der Waals surface area (Å²) < 4.78 is 11.8. The first kappa shape index (κ1) is 18.1. The summed E-state index contributed by atoms with van der Waals surface area (Å²) in [5, 5.41) is 0. The first-order chi connectivity index (χ1) is 10.1. The highest BCUT2D eigenvalue weighted by Gasteiger charge is 2.21. The summed E-state index contributed by atoms with van der Waals surface area (Å²) in [5.74, 6) is 0. The van der Waals surface area contributed by atoms with Crippen LogP contribution in [0.2, 0.25) is 19.1 Å². The van der Waals surface area contributed by atoms with Gasteiger partial charge in [-0.25, -0.2) is 0 Å². The molecule has 0 saturated carbocycles. The summed E-state index contributed by atoms with van der Waals surface area (Å²) in [6.45, 7) is 13.0. The van der Waals surface area contributed by atoms with E-state index in [-0.39, 0.29) is 0 Å². The molecule has 0 aromatic heterocycles. The molecule has 0 fully saturated rings. The van der Waals surface area contributed by atoms with Crippen LogP contribution in [0.4, 0.5) is 0 Å². The number of ether oxygens (including phenoxy) is 1. The van der Waals surface area contributed by atoms with Crippen molar-refractivity contribution >= 4 is 14.4 Å². The quantitative estimate of drug-likeness (QED) is 0.410. The van der Waals surface area contributed by atoms with Crippen LogP contribution in [0, 0.1) is 0 Å². The monoisotopic (exact) mass is 306 g/mol. The predicted molar refractivity (Wildman–Crippen MR) is 94.0 cm³/mol. The van der Waals surface area contributed by atoms with Gasteiger partial charge in [0.2, 0.25) is 0 Å².